The first-order valence-corrected chi connectivity index (χ1v) is 6.28. The summed E-state index contributed by atoms with van der Waals surface area (Å²) in [7, 11) is 2.08. The van der Waals surface area contributed by atoms with E-state index < -0.39 is 0 Å². The maximum Gasteiger partial charge on any atom is 0.177 e. The normalized spacial score (nSPS) is 25.3. The molecule has 3 rings (SSSR count). The van der Waals surface area contributed by atoms with Gasteiger partial charge in [-0.05, 0) is 37.4 Å². The van der Waals surface area contributed by atoms with Gasteiger partial charge in [0.15, 0.2) is 5.65 Å². The van der Waals surface area contributed by atoms with Crippen LogP contribution in [0.1, 0.15) is 31.6 Å². The van der Waals surface area contributed by atoms with Gasteiger partial charge in [0.1, 0.15) is 5.82 Å². The second-order valence-corrected chi connectivity index (χ2v) is 4.93. The van der Waals surface area contributed by atoms with Gasteiger partial charge in [-0.25, -0.2) is 9.97 Å². The molecule has 2 atom stereocenters. The van der Waals surface area contributed by atoms with Crippen molar-refractivity contribution in [1.29, 1.82) is 0 Å². The average Bonchev–Trinajstić information content (AvgIpc) is 2.68. The summed E-state index contributed by atoms with van der Waals surface area (Å²) in [6.45, 7) is 3.38. The molecule has 2 aromatic rings. The van der Waals surface area contributed by atoms with Gasteiger partial charge in [-0.2, -0.15) is 0 Å². The summed E-state index contributed by atoms with van der Waals surface area (Å²) in [6, 6.07) is 4.40. The first kappa shape index (κ1) is 10.7. The van der Waals surface area contributed by atoms with E-state index in [9.17, 15) is 0 Å². The van der Waals surface area contributed by atoms with E-state index in [4.69, 9.17) is 0 Å². The van der Waals surface area contributed by atoms with E-state index in [1.54, 1.807) is 6.20 Å². The molecule has 90 valence electrons. The summed E-state index contributed by atoms with van der Waals surface area (Å²) in [5.41, 5.74) is 1.96. The molecule has 1 saturated heterocycles. The number of nitrogens with zero attached hydrogens (tertiary/aromatic N) is 3. The summed E-state index contributed by atoms with van der Waals surface area (Å²) in [6.07, 6.45) is 4.34. The van der Waals surface area contributed by atoms with Crippen molar-refractivity contribution < 1.29 is 0 Å². The third-order valence-electron chi connectivity index (χ3n) is 3.74. The lowest BCUT2D eigenvalue weighted by Crippen LogP contribution is -2.34. The lowest BCUT2D eigenvalue weighted by atomic mass is 9.92. The van der Waals surface area contributed by atoms with Gasteiger partial charge in [-0.15, -0.1) is 0 Å². The molecule has 0 bridgehead atoms. The van der Waals surface area contributed by atoms with E-state index in [2.05, 4.69) is 39.9 Å². The smallest absolute Gasteiger partial charge is 0.177 e. The Labute approximate surface area is 101 Å². The molecule has 0 amide bonds. The molecule has 1 N–H and O–H groups in total. The van der Waals surface area contributed by atoms with E-state index in [1.807, 2.05) is 6.07 Å². The molecule has 17 heavy (non-hydrogen) atoms. The average molecular weight is 230 g/mol. The molecule has 0 aromatic carbocycles. The van der Waals surface area contributed by atoms with Crippen molar-refractivity contribution in [2.24, 2.45) is 13.0 Å². The van der Waals surface area contributed by atoms with Crippen molar-refractivity contribution in [3.8, 4) is 0 Å². The fourth-order valence-electron chi connectivity index (χ4n) is 2.72. The number of pyridine rings is 1. The second-order valence-electron chi connectivity index (χ2n) is 4.93. The summed E-state index contributed by atoms with van der Waals surface area (Å²) in [5, 5.41) is 3.58. The number of piperidine rings is 1. The minimum atomic E-state index is 0.364. The van der Waals surface area contributed by atoms with Crippen LogP contribution < -0.4 is 5.32 Å². The van der Waals surface area contributed by atoms with Crippen LogP contribution in [-0.4, -0.2) is 21.1 Å². The highest BCUT2D eigenvalue weighted by Crippen LogP contribution is 2.29. The Kier molecular flexibility index (Phi) is 2.59. The zero-order valence-corrected chi connectivity index (χ0v) is 10.3. The number of hydrogen-bond acceptors (Lipinski definition) is 3. The number of aromatic nitrogens is 3. The van der Waals surface area contributed by atoms with Gasteiger partial charge in [-0.3, -0.25) is 0 Å². The molecule has 1 aliphatic rings. The molecule has 0 saturated carbocycles. The molecule has 3 heterocycles. The standard InChI is InChI=1S/C13H18N4/c1-9-5-3-7-14-11(9)13-16-12-10(17(13)2)6-4-8-15-12/h4,6,8-9,11,14H,3,5,7H2,1-2H3. The van der Waals surface area contributed by atoms with Crippen molar-refractivity contribution in [3.05, 3.63) is 24.2 Å². The molecule has 2 aromatic heterocycles. The Bertz CT molecular complexity index is 531. The SMILES string of the molecule is CC1CCCNC1c1nc2ncccc2n1C. The number of rotatable bonds is 1. The summed E-state index contributed by atoms with van der Waals surface area (Å²) in [5.74, 6) is 1.75. The second kappa shape index (κ2) is 4.11. The third-order valence-corrected chi connectivity index (χ3v) is 3.74. The Balaban J connectivity index is 2.07. The number of fused-ring (bicyclic) bond motifs is 1. The number of aryl methyl sites for hydroxylation is 1. The van der Waals surface area contributed by atoms with E-state index in [0.717, 1.165) is 23.5 Å². The van der Waals surface area contributed by atoms with Crippen molar-refractivity contribution in [2.45, 2.75) is 25.8 Å². The molecule has 1 fully saturated rings. The fourth-order valence-corrected chi connectivity index (χ4v) is 2.72. The van der Waals surface area contributed by atoms with Crippen LogP contribution in [-0.2, 0) is 7.05 Å². The maximum atomic E-state index is 4.68. The monoisotopic (exact) mass is 230 g/mol. The highest BCUT2D eigenvalue weighted by atomic mass is 15.1. The van der Waals surface area contributed by atoms with E-state index in [-0.39, 0.29) is 0 Å². The molecule has 4 heteroatoms. The van der Waals surface area contributed by atoms with Crippen LogP contribution in [0, 0.1) is 5.92 Å². The highest BCUT2D eigenvalue weighted by Gasteiger charge is 2.26. The molecule has 0 spiro atoms. The maximum absolute atomic E-state index is 4.68. The van der Waals surface area contributed by atoms with E-state index in [1.165, 1.54) is 12.8 Å². The minimum absolute atomic E-state index is 0.364. The number of hydrogen-bond donors (Lipinski definition) is 1. The van der Waals surface area contributed by atoms with Gasteiger partial charge in [-0.1, -0.05) is 6.92 Å². The summed E-state index contributed by atoms with van der Waals surface area (Å²) < 4.78 is 2.17. The van der Waals surface area contributed by atoms with Gasteiger partial charge >= 0.3 is 0 Å². The van der Waals surface area contributed by atoms with Crippen molar-refractivity contribution >= 4 is 11.2 Å². The van der Waals surface area contributed by atoms with Gasteiger partial charge in [0.25, 0.3) is 0 Å². The Morgan fingerprint density at radius 1 is 1.47 bits per heavy atom. The molecular formula is C13H18N4. The Morgan fingerprint density at radius 3 is 3.12 bits per heavy atom. The molecule has 1 aliphatic heterocycles. The predicted molar refractivity (Wildman–Crippen MR) is 67.7 cm³/mol. The summed E-state index contributed by atoms with van der Waals surface area (Å²) >= 11 is 0. The van der Waals surface area contributed by atoms with Crippen molar-refractivity contribution in [2.75, 3.05) is 6.54 Å². The van der Waals surface area contributed by atoms with Crippen LogP contribution in [0.2, 0.25) is 0 Å². The summed E-state index contributed by atoms with van der Waals surface area (Å²) in [4.78, 5) is 9.00. The minimum Gasteiger partial charge on any atom is -0.328 e. The van der Waals surface area contributed by atoms with Gasteiger partial charge in [0, 0.05) is 13.2 Å². The highest BCUT2D eigenvalue weighted by molar-refractivity contribution is 5.71. The first-order chi connectivity index (χ1) is 8.27. The number of imidazole rings is 1. The molecule has 2 unspecified atom stereocenters. The van der Waals surface area contributed by atoms with Crippen molar-refractivity contribution in [3.63, 3.8) is 0 Å². The Morgan fingerprint density at radius 2 is 2.35 bits per heavy atom. The van der Waals surface area contributed by atoms with Gasteiger partial charge in [0.2, 0.25) is 0 Å². The van der Waals surface area contributed by atoms with Crippen LogP contribution in [0.5, 0.6) is 0 Å². The van der Waals surface area contributed by atoms with Crippen LogP contribution in [0.3, 0.4) is 0 Å². The number of nitrogens with one attached hydrogen (secondary N) is 1. The lowest BCUT2D eigenvalue weighted by Gasteiger charge is -2.29. The fraction of sp³-hybridized carbons (Fsp3) is 0.538. The molecule has 4 nitrogen and oxygen atoms in total. The van der Waals surface area contributed by atoms with Crippen LogP contribution in [0.15, 0.2) is 18.3 Å². The third kappa shape index (κ3) is 1.72. The van der Waals surface area contributed by atoms with E-state index in [0.29, 0.717) is 12.0 Å². The van der Waals surface area contributed by atoms with Crippen LogP contribution >= 0.6 is 0 Å². The Hall–Kier alpha value is -1.42. The lowest BCUT2D eigenvalue weighted by molar-refractivity contribution is 0.291. The first-order valence-electron chi connectivity index (χ1n) is 6.28. The van der Waals surface area contributed by atoms with Crippen LogP contribution in [0.25, 0.3) is 11.2 Å². The zero-order chi connectivity index (χ0) is 11.8. The van der Waals surface area contributed by atoms with E-state index >= 15 is 0 Å². The molecule has 0 radical (unpaired) electrons. The molecule has 0 aliphatic carbocycles. The van der Waals surface area contributed by atoms with Crippen molar-refractivity contribution in [1.82, 2.24) is 19.9 Å². The van der Waals surface area contributed by atoms with Gasteiger partial charge < -0.3 is 9.88 Å². The topological polar surface area (TPSA) is 42.7 Å². The quantitative estimate of drug-likeness (QED) is 0.815. The zero-order valence-electron chi connectivity index (χ0n) is 10.3. The largest absolute Gasteiger partial charge is 0.328 e. The molecular weight excluding hydrogens is 212 g/mol. The van der Waals surface area contributed by atoms with Gasteiger partial charge in [0.05, 0.1) is 11.6 Å². The predicted octanol–water partition coefficient (Wildman–Crippen LogP) is 2.03. The van der Waals surface area contributed by atoms with Crippen LogP contribution in [0.4, 0.5) is 0 Å².